The Morgan fingerprint density at radius 2 is 2.25 bits per heavy atom. The summed E-state index contributed by atoms with van der Waals surface area (Å²) >= 11 is 6.17. The number of nitrogens with zero attached hydrogens (tertiary/aromatic N) is 1. The van der Waals surface area contributed by atoms with Crippen LogP contribution in [0.1, 0.15) is 31.4 Å². The number of rotatable bonds is 2. The van der Waals surface area contributed by atoms with Gasteiger partial charge in [-0.3, -0.25) is 0 Å². The highest BCUT2D eigenvalue weighted by Crippen LogP contribution is 2.41. The van der Waals surface area contributed by atoms with E-state index in [1.54, 1.807) is 0 Å². The van der Waals surface area contributed by atoms with Crippen LogP contribution in [0.4, 0.5) is 0 Å². The molecule has 1 aromatic rings. The molecule has 0 saturated carbocycles. The summed E-state index contributed by atoms with van der Waals surface area (Å²) in [5, 5.41) is 9.23. The molecule has 3 heteroatoms. The maximum absolute atomic E-state index is 8.57. The summed E-state index contributed by atoms with van der Waals surface area (Å²) in [6, 6.07) is 6.15. The zero-order chi connectivity index (χ0) is 11.8. The predicted molar refractivity (Wildman–Crippen MR) is 63.8 cm³/mol. The topological polar surface area (TPSA) is 33.0 Å². The normalized spacial score (nSPS) is 16.4. The molecule has 0 amide bonds. The third-order valence-electron chi connectivity index (χ3n) is 2.70. The molecule has 0 fully saturated rings. The Labute approximate surface area is 101 Å². The molecule has 0 bridgehead atoms. The van der Waals surface area contributed by atoms with Crippen molar-refractivity contribution in [2.24, 2.45) is 0 Å². The van der Waals surface area contributed by atoms with Crippen molar-refractivity contribution in [2.75, 3.05) is 0 Å². The molecule has 0 spiro atoms. The van der Waals surface area contributed by atoms with Gasteiger partial charge >= 0.3 is 0 Å². The smallest absolute Gasteiger partial charge is 0.142 e. The van der Waals surface area contributed by atoms with Crippen LogP contribution in [-0.4, -0.2) is 5.60 Å². The van der Waals surface area contributed by atoms with Gasteiger partial charge in [0.1, 0.15) is 11.4 Å². The summed E-state index contributed by atoms with van der Waals surface area (Å²) in [7, 11) is 0. The van der Waals surface area contributed by atoms with Crippen molar-refractivity contribution >= 4 is 11.6 Å². The van der Waals surface area contributed by atoms with Crippen LogP contribution in [0.2, 0.25) is 5.02 Å². The lowest BCUT2D eigenvalue weighted by molar-refractivity contribution is 0.138. The molecule has 0 unspecified atom stereocenters. The molecular weight excluding hydrogens is 222 g/mol. The molecule has 1 aromatic carbocycles. The fraction of sp³-hybridized carbons (Fsp3) is 0.462. The molecule has 0 atom stereocenters. The first-order valence-electron chi connectivity index (χ1n) is 5.39. The fourth-order valence-electron chi connectivity index (χ4n) is 2.07. The Hall–Kier alpha value is -1.20. The molecule has 16 heavy (non-hydrogen) atoms. The molecule has 1 aliphatic rings. The zero-order valence-electron chi connectivity index (χ0n) is 9.51. The first-order valence-corrected chi connectivity index (χ1v) is 5.77. The predicted octanol–water partition coefficient (Wildman–Crippen LogP) is 3.51. The standard InChI is InChI=1S/C13H14ClNO/c1-13(2)8-10-6-9(4-3-5-15)7-11(14)12(10)16-13/h6-7H,3-4,8H2,1-2H3. The highest BCUT2D eigenvalue weighted by molar-refractivity contribution is 6.32. The van der Waals surface area contributed by atoms with E-state index in [1.165, 1.54) is 0 Å². The van der Waals surface area contributed by atoms with E-state index in [0.29, 0.717) is 11.4 Å². The van der Waals surface area contributed by atoms with Gasteiger partial charge in [0.15, 0.2) is 0 Å². The minimum absolute atomic E-state index is 0.167. The molecule has 0 N–H and O–H groups in total. The Kier molecular flexibility index (Phi) is 2.82. The summed E-state index contributed by atoms with van der Waals surface area (Å²) in [6.07, 6.45) is 2.16. The summed E-state index contributed by atoms with van der Waals surface area (Å²) in [6.45, 7) is 4.11. The second kappa shape index (κ2) is 3.99. The van der Waals surface area contributed by atoms with Crippen LogP contribution in [0.5, 0.6) is 5.75 Å². The first kappa shape index (κ1) is 11.3. The van der Waals surface area contributed by atoms with E-state index in [0.717, 1.165) is 29.7 Å². The van der Waals surface area contributed by atoms with Crippen molar-refractivity contribution in [3.63, 3.8) is 0 Å². The van der Waals surface area contributed by atoms with Gasteiger partial charge in [0.05, 0.1) is 11.1 Å². The summed E-state index contributed by atoms with van der Waals surface area (Å²) in [5.74, 6) is 0.812. The quantitative estimate of drug-likeness (QED) is 0.786. The number of aryl methyl sites for hydroxylation is 1. The zero-order valence-corrected chi connectivity index (χ0v) is 10.3. The monoisotopic (exact) mass is 235 g/mol. The Bertz CT molecular complexity index is 460. The summed E-state index contributed by atoms with van der Waals surface area (Å²) in [5.41, 5.74) is 2.11. The lowest BCUT2D eigenvalue weighted by atomic mass is 9.99. The number of nitriles is 1. The summed E-state index contributed by atoms with van der Waals surface area (Å²) < 4.78 is 5.79. The number of hydrogen-bond acceptors (Lipinski definition) is 2. The molecular formula is C13H14ClNO. The lowest BCUT2D eigenvalue weighted by Crippen LogP contribution is -2.24. The minimum atomic E-state index is -0.167. The van der Waals surface area contributed by atoms with Gasteiger partial charge in [0, 0.05) is 12.8 Å². The van der Waals surface area contributed by atoms with Crippen molar-refractivity contribution in [2.45, 2.75) is 38.7 Å². The molecule has 1 aliphatic heterocycles. The van der Waals surface area contributed by atoms with Crippen LogP contribution in [0.15, 0.2) is 12.1 Å². The van der Waals surface area contributed by atoms with Gasteiger partial charge in [0.25, 0.3) is 0 Å². The van der Waals surface area contributed by atoms with Crippen molar-refractivity contribution < 1.29 is 4.74 Å². The Balaban J connectivity index is 2.31. The van der Waals surface area contributed by atoms with Crippen molar-refractivity contribution in [1.82, 2.24) is 0 Å². The van der Waals surface area contributed by atoms with Gasteiger partial charge < -0.3 is 4.74 Å². The van der Waals surface area contributed by atoms with Gasteiger partial charge in [-0.25, -0.2) is 0 Å². The maximum atomic E-state index is 8.57. The molecule has 0 aliphatic carbocycles. The molecule has 0 aromatic heterocycles. The van der Waals surface area contributed by atoms with E-state index in [1.807, 2.05) is 6.07 Å². The van der Waals surface area contributed by atoms with Crippen LogP contribution in [0.3, 0.4) is 0 Å². The van der Waals surface area contributed by atoms with Crippen LogP contribution in [0.25, 0.3) is 0 Å². The van der Waals surface area contributed by atoms with E-state index in [2.05, 4.69) is 26.0 Å². The van der Waals surface area contributed by atoms with Gasteiger partial charge in [0.2, 0.25) is 0 Å². The largest absolute Gasteiger partial charge is 0.486 e. The third kappa shape index (κ3) is 2.15. The van der Waals surface area contributed by atoms with E-state index in [4.69, 9.17) is 21.6 Å². The molecule has 2 rings (SSSR count). The van der Waals surface area contributed by atoms with Gasteiger partial charge in [-0.1, -0.05) is 17.7 Å². The molecule has 84 valence electrons. The molecule has 0 radical (unpaired) electrons. The molecule has 0 saturated heterocycles. The number of benzene rings is 1. The summed E-state index contributed by atoms with van der Waals surface area (Å²) in [4.78, 5) is 0. The lowest BCUT2D eigenvalue weighted by Gasteiger charge is -2.17. The third-order valence-corrected chi connectivity index (χ3v) is 2.98. The van der Waals surface area contributed by atoms with Crippen LogP contribution in [-0.2, 0) is 12.8 Å². The van der Waals surface area contributed by atoms with Crippen LogP contribution >= 0.6 is 11.6 Å². The number of hydrogen-bond donors (Lipinski definition) is 0. The van der Waals surface area contributed by atoms with Crippen LogP contribution in [0, 0.1) is 11.3 Å². The number of ether oxygens (including phenoxy) is 1. The van der Waals surface area contributed by atoms with Crippen molar-refractivity contribution in [3.05, 3.63) is 28.3 Å². The Morgan fingerprint density at radius 3 is 2.94 bits per heavy atom. The average molecular weight is 236 g/mol. The van der Waals surface area contributed by atoms with Crippen molar-refractivity contribution in [3.8, 4) is 11.8 Å². The maximum Gasteiger partial charge on any atom is 0.142 e. The van der Waals surface area contributed by atoms with E-state index in [9.17, 15) is 0 Å². The minimum Gasteiger partial charge on any atom is -0.486 e. The van der Waals surface area contributed by atoms with E-state index < -0.39 is 0 Å². The highest BCUT2D eigenvalue weighted by Gasteiger charge is 2.31. The van der Waals surface area contributed by atoms with Gasteiger partial charge in [-0.2, -0.15) is 5.26 Å². The van der Waals surface area contributed by atoms with Gasteiger partial charge in [-0.15, -0.1) is 0 Å². The molecule has 2 nitrogen and oxygen atoms in total. The van der Waals surface area contributed by atoms with Crippen LogP contribution < -0.4 is 4.74 Å². The SMILES string of the molecule is CC1(C)Cc2cc(CCC#N)cc(Cl)c2O1. The van der Waals surface area contributed by atoms with Gasteiger partial charge in [-0.05, 0) is 37.5 Å². The second-order valence-corrected chi connectivity index (χ2v) is 5.17. The number of halogens is 1. The average Bonchev–Trinajstić information content (AvgIpc) is 2.50. The van der Waals surface area contributed by atoms with E-state index in [-0.39, 0.29) is 5.60 Å². The van der Waals surface area contributed by atoms with Crippen molar-refractivity contribution in [1.29, 1.82) is 5.26 Å². The number of fused-ring (bicyclic) bond motifs is 1. The van der Waals surface area contributed by atoms with E-state index >= 15 is 0 Å². The molecule has 1 heterocycles. The first-order chi connectivity index (χ1) is 7.52. The second-order valence-electron chi connectivity index (χ2n) is 4.76. The fourth-order valence-corrected chi connectivity index (χ4v) is 2.37. The Morgan fingerprint density at radius 1 is 1.50 bits per heavy atom. The highest BCUT2D eigenvalue weighted by atomic mass is 35.5.